The number of β-lactam (4-membered cyclic amide) rings is 1. The van der Waals surface area contributed by atoms with Gasteiger partial charge in [0.1, 0.15) is 24.2 Å². The summed E-state index contributed by atoms with van der Waals surface area (Å²) in [4.78, 5) is 51.0. The molecule has 1 saturated heterocycles. The summed E-state index contributed by atoms with van der Waals surface area (Å²) in [5.41, 5.74) is 0.490. The molecule has 0 aromatic heterocycles. The number of para-hydroxylation sites is 1. The fourth-order valence-corrected chi connectivity index (χ4v) is 4.91. The number of nitro benzene ring substituents is 1. The van der Waals surface area contributed by atoms with Crippen molar-refractivity contribution in [3.8, 4) is 5.75 Å². The van der Waals surface area contributed by atoms with Crippen LogP contribution in [0.25, 0.3) is 6.08 Å². The lowest BCUT2D eigenvalue weighted by Gasteiger charge is -2.46. The summed E-state index contributed by atoms with van der Waals surface area (Å²) in [6.07, 6.45) is 4.03. The number of ether oxygens (including phenoxy) is 2. The minimum absolute atomic E-state index is 0.162. The van der Waals surface area contributed by atoms with Gasteiger partial charge in [0.25, 0.3) is 17.5 Å². The summed E-state index contributed by atoms with van der Waals surface area (Å²) in [7, 11) is -4.13. The number of carbonyl (C=O) groups excluding carboxylic acids is 3. The molecule has 3 aromatic carbocycles. The molecule has 3 aromatic rings. The van der Waals surface area contributed by atoms with Gasteiger partial charge in [-0.15, -0.1) is 0 Å². The summed E-state index contributed by atoms with van der Waals surface area (Å²) in [6, 6.07) is 20.8. The van der Waals surface area contributed by atoms with Gasteiger partial charge in [0, 0.05) is 12.1 Å². The molecule has 2 atom stereocenters. The first-order chi connectivity index (χ1) is 21.4. The van der Waals surface area contributed by atoms with Gasteiger partial charge in [0.05, 0.1) is 17.2 Å². The first-order valence-corrected chi connectivity index (χ1v) is 15.3. The third kappa shape index (κ3) is 8.76. The van der Waals surface area contributed by atoms with Crippen molar-refractivity contribution < 1.29 is 41.4 Å². The van der Waals surface area contributed by atoms with Crippen molar-refractivity contribution >= 4 is 39.7 Å². The number of amides is 2. The van der Waals surface area contributed by atoms with Crippen LogP contribution in [0.3, 0.4) is 0 Å². The number of benzene rings is 3. The molecule has 1 heterocycles. The number of nitrogens with one attached hydrogen (secondary N) is 1. The fraction of sp³-hybridized carbons (Fsp3) is 0.194. The molecule has 4 rings (SSSR count). The molecule has 2 amide bonds. The maximum Gasteiger partial charge on any atom is 0.358 e. The summed E-state index contributed by atoms with van der Waals surface area (Å²) in [6.45, 7) is 0.448. The van der Waals surface area contributed by atoms with E-state index in [0.29, 0.717) is 11.3 Å². The molecule has 0 unspecified atom stereocenters. The van der Waals surface area contributed by atoms with Crippen LogP contribution < -0.4 is 10.1 Å². The van der Waals surface area contributed by atoms with Gasteiger partial charge in [-0.1, -0.05) is 60.7 Å². The van der Waals surface area contributed by atoms with E-state index in [9.17, 15) is 32.9 Å². The highest BCUT2D eigenvalue weighted by molar-refractivity contribution is 7.86. The Balaban J connectivity index is 1.60. The van der Waals surface area contributed by atoms with E-state index in [-0.39, 0.29) is 18.9 Å². The lowest BCUT2D eigenvalue weighted by molar-refractivity contribution is -0.384. The maximum atomic E-state index is 13.5. The zero-order chi connectivity index (χ0) is 32.6. The van der Waals surface area contributed by atoms with Crippen molar-refractivity contribution in [2.75, 3.05) is 12.9 Å². The fourth-order valence-electron chi connectivity index (χ4n) is 4.38. The van der Waals surface area contributed by atoms with E-state index < -0.39 is 56.4 Å². The van der Waals surface area contributed by atoms with Crippen molar-refractivity contribution in [2.45, 2.75) is 25.6 Å². The third-order valence-corrected chi connectivity index (χ3v) is 6.97. The van der Waals surface area contributed by atoms with Gasteiger partial charge in [-0.05, 0) is 42.3 Å². The van der Waals surface area contributed by atoms with Crippen molar-refractivity contribution in [3.05, 3.63) is 124 Å². The number of carbonyl (C=O) groups is 3. The van der Waals surface area contributed by atoms with Crippen molar-refractivity contribution in [2.24, 2.45) is 0 Å². The van der Waals surface area contributed by atoms with Crippen LogP contribution in [-0.2, 0) is 40.0 Å². The minimum Gasteiger partial charge on any atom is -0.484 e. The van der Waals surface area contributed by atoms with E-state index in [1.165, 1.54) is 31.2 Å². The van der Waals surface area contributed by atoms with Crippen LogP contribution in [0.2, 0.25) is 0 Å². The SMILES string of the molecule is CC(OS(C)(=O)=O)=C(C(=O)OCc1ccc([N+](=O)[O-])cc1)N1C(=O)[C@H](NC(=O)COc2ccccc2)[C@@H]1C=Cc1ccccc1. The Hall–Kier alpha value is -5.50. The number of non-ortho nitro benzene ring substituents is 1. The van der Waals surface area contributed by atoms with Gasteiger partial charge in [0.2, 0.25) is 0 Å². The average molecular weight is 636 g/mol. The zero-order valence-corrected chi connectivity index (χ0v) is 25.0. The van der Waals surface area contributed by atoms with Gasteiger partial charge < -0.3 is 19.0 Å². The number of hydrogen-bond acceptors (Lipinski definition) is 10. The molecule has 1 fully saturated rings. The average Bonchev–Trinajstić information content (AvgIpc) is 3.01. The number of hydrogen-bond donors (Lipinski definition) is 1. The summed E-state index contributed by atoms with van der Waals surface area (Å²) < 4.78 is 39.8. The molecule has 0 aliphatic carbocycles. The summed E-state index contributed by atoms with van der Waals surface area (Å²) in [5, 5.41) is 13.6. The molecule has 13 nitrogen and oxygen atoms in total. The van der Waals surface area contributed by atoms with Crippen LogP contribution in [-0.4, -0.2) is 61.0 Å². The number of likely N-dealkylation sites (tertiary alicyclic amines) is 1. The van der Waals surface area contributed by atoms with Crippen molar-refractivity contribution in [1.82, 2.24) is 10.2 Å². The van der Waals surface area contributed by atoms with Crippen LogP contribution in [0, 0.1) is 10.1 Å². The molecule has 0 saturated carbocycles. The van der Waals surface area contributed by atoms with E-state index in [4.69, 9.17) is 13.7 Å². The Morgan fingerprint density at radius 1 is 1.00 bits per heavy atom. The Kier molecular flexibility index (Phi) is 10.3. The van der Waals surface area contributed by atoms with Gasteiger partial charge in [-0.2, -0.15) is 8.42 Å². The molecule has 0 radical (unpaired) electrons. The number of allylic oxidation sites excluding steroid dienone is 1. The smallest absolute Gasteiger partial charge is 0.358 e. The van der Waals surface area contributed by atoms with E-state index in [1.807, 2.05) is 6.07 Å². The molecule has 14 heteroatoms. The van der Waals surface area contributed by atoms with Crippen LogP contribution in [0.4, 0.5) is 5.69 Å². The second-order valence-electron chi connectivity index (χ2n) is 9.81. The zero-order valence-electron chi connectivity index (χ0n) is 24.2. The van der Waals surface area contributed by atoms with Gasteiger partial charge in [0.15, 0.2) is 12.3 Å². The minimum atomic E-state index is -4.13. The van der Waals surface area contributed by atoms with Gasteiger partial charge in [-0.3, -0.25) is 24.6 Å². The van der Waals surface area contributed by atoms with Crippen molar-refractivity contribution in [3.63, 3.8) is 0 Å². The number of nitro groups is 1. The standard InChI is InChI=1S/C31H29N3O10S/c1-21(44-45(2,40)41)29(31(37)43-19-23-13-16-24(17-14-23)34(38)39)33-26(18-15-22-9-5-3-6-10-22)28(30(33)36)32-27(35)20-42-25-11-7-4-8-12-25/h3-18,26,28H,19-20H2,1-2H3,(H,32,35)/t26-,28+/m0/s1. The molecule has 234 valence electrons. The van der Waals surface area contributed by atoms with Crippen LogP contribution in [0.15, 0.2) is 102 Å². The molecule has 0 spiro atoms. The first-order valence-electron chi connectivity index (χ1n) is 13.5. The second-order valence-corrected chi connectivity index (χ2v) is 11.4. The van der Waals surface area contributed by atoms with Crippen molar-refractivity contribution in [1.29, 1.82) is 0 Å². The van der Waals surface area contributed by atoms with E-state index in [2.05, 4.69) is 5.32 Å². The molecule has 1 N–H and O–H groups in total. The Morgan fingerprint density at radius 3 is 2.22 bits per heavy atom. The highest BCUT2D eigenvalue weighted by Gasteiger charge is 2.51. The van der Waals surface area contributed by atoms with Crippen LogP contribution >= 0.6 is 0 Å². The van der Waals surface area contributed by atoms with Crippen LogP contribution in [0.5, 0.6) is 5.75 Å². The molecule has 1 aliphatic heterocycles. The quantitative estimate of drug-likeness (QED) is 0.0559. The number of rotatable bonds is 13. The lowest BCUT2D eigenvalue weighted by atomic mass is 9.92. The second kappa shape index (κ2) is 14.3. The molecular formula is C31H29N3O10S. The van der Waals surface area contributed by atoms with Crippen LogP contribution in [0.1, 0.15) is 18.1 Å². The van der Waals surface area contributed by atoms with E-state index in [0.717, 1.165) is 16.7 Å². The van der Waals surface area contributed by atoms with E-state index in [1.54, 1.807) is 66.7 Å². The first kappa shape index (κ1) is 32.4. The highest BCUT2D eigenvalue weighted by atomic mass is 32.2. The van der Waals surface area contributed by atoms with E-state index >= 15 is 0 Å². The Labute approximate surface area is 259 Å². The lowest BCUT2D eigenvalue weighted by Crippen LogP contribution is -2.70. The molecule has 0 bridgehead atoms. The molecule has 45 heavy (non-hydrogen) atoms. The predicted octanol–water partition coefficient (Wildman–Crippen LogP) is 3.33. The maximum absolute atomic E-state index is 13.5. The summed E-state index contributed by atoms with van der Waals surface area (Å²) >= 11 is 0. The highest BCUT2D eigenvalue weighted by Crippen LogP contribution is 2.31. The largest absolute Gasteiger partial charge is 0.484 e. The normalized spacial score (nSPS) is 16.8. The third-order valence-electron chi connectivity index (χ3n) is 6.42. The Morgan fingerprint density at radius 2 is 1.62 bits per heavy atom. The Bertz CT molecular complexity index is 1720. The molecule has 1 aliphatic rings. The number of nitrogens with zero attached hydrogens (tertiary/aromatic N) is 2. The number of esters is 1. The monoisotopic (exact) mass is 635 g/mol. The van der Waals surface area contributed by atoms with Gasteiger partial charge >= 0.3 is 16.1 Å². The predicted molar refractivity (Wildman–Crippen MR) is 161 cm³/mol. The topological polar surface area (TPSA) is 171 Å². The molecular weight excluding hydrogens is 606 g/mol. The van der Waals surface area contributed by atoms with Gasteiger partial charge in [-0.25, -0.2) is 4.79 Å². The summed E-state index contributed by atoms with van der Waals surface area (Å²) in [5.74, 6) is -2.42.